The Hall–Kier alpha value is -7.61. The lowest BCUT2D eigenvalue weighted by Crippen LogP contribution is -2.51. The van der Waals surface area contributed by atoms with Crippen LogP contribution in [0.15, 0.2) is 34.3 Å². The number of carboxylic acids is 1. The highest BCUT2D eigenvalue weighted by atomic mass is 32.2. The molecular weight excluding hydrogens is 1290 g/mol. The molecule has 0 heterocycles. The van der Waals surface area contributed by atoms with Crippen LogP contribution in [0.3, 0.4) is 0 Å². The van der Waals surface area contributed by atoms with Gasteiger partial charge in [0.05, 0.1) is 55.1 Å². The maximum atomic E-state index is 14.6. The van der Waals surface area contributed by atoms with Crippen molar-refractivity contribution in [3.8, 4) is 5.75 Å². The smallest absolute Gasteiger partial charge is 0.305 e. The number of phenolic OH excluding ortho intramolecular Hbond substituents is 1. The summed E-state index contributed by atoms with van der Waals surface area (Å²) in [6, 6.07) is -1.20. The van der Waals surface area contributed by atoms with Gasteiger partial charge in [-0.05, 0) is 139 Å². The van der Waals surface area contributed by atoms with Gasteiger partial charge in [-0.1, -0.05) is 59.6 Å². The van der Waals surface area contributed by atoms with Gasteiger partial charge in [0, 0.05) is 68.9 Å². The third kappa shape index (κ3) is 36.3. The second-order valence-electron chi connectivity index (χ2n) is 26.3. The van der Waals surface area contributed by atoms with E-state index in [-0.39, 0.29) is 131 Å². The molecule has 0 fully saturated rings. The number of aliphatic carboxylic acids is 1. The van der Waals surface area contributed by atoms with E-state index in [2.05, 4.69) is 36.6 Å². The molecule has 0 aliphatic heterocycles. The summed E-state index contributed by atoms with van der Waals surface area (Å²) in [4.78, 5) is 175. The summed E-state index contributed by atoms with van der Waals surface area (Å²) in [6.07, 6.45) is -0.174. The summed E-state index contributed by atoms with van der Waals surface area (Å²) in [6.45, 7) is 10.3. The van der Waals surface area contributed by atoms with Crippen LogP contribution in [0.1, 0.15) is 169 Å². The Kier molecular flexibility index (Phi) is 43.5. The number of guanidine groups is 2. The summed E-state index contributed by atoms with van der Waals surface area (Å²) >= 11 is 1.30. The van der Waals surface area contributed by atoms with E-state index in [4.69, 9.17) is 40.1 Å². The van der Waals surface area contributed by atoms with Crippen LogP contribution in [-0.2, 0) is 64.0 Å². The Bertz CT molecular complexity index is 2780. The van der Waals surface area contributed by atoms with E-state index in [1.807, 2.05) is 27.7 Å². The highest BCUT2D eigenvalue weighted by Gasteiger charge is 2.38. The van der Waals surface area contributed by atoms with E-state index in [0.717, 1.165) is 12.8 Å². The standard InChI is InChI=1S/C67H114N14O16S/c1-38(2)28-45(33-54(85)40(5)14-8-10-23-68)63(95)77-49(17-13-26-76-67(73)74)55(86)34-46(37-82)64(96)78-50(22-27-98-7)58(89)35-48(41(6)83)65(97)80-52(36-59(90)91)57(88)31-43(15-9-11-24-69)61(93)79-51(30-42-18-20-47(84)21-19-42)56(87)32-44(16-12-25-75-66(71)72)62(94)81-53(60(70)92)29-39(3)4/h18-21,38-41,43-46,48-53,82-84H,8-17,22-37,68-69H2,1-7H3,(H2,70,92)(H,77,95)(H,78,96)(H,79,93)(H,80,97)(H,81,94)(H,90,91)(H4,71,72,75)(H4,73,74,76)/t40-,41+,43+,44+,45-,46-,48-,49-,50-,51-,52-,53-/m0/s1. The molecule has 12 atom stereocenters. The van der Waals surface area contributed by atoms with E-state index in [1.54, 1.807) is 13.2 Å². The van der Waals surface area contributed by atoms with Crippen LogP contribution >= 0.6 is 11.8 Å². The SMILES string of the molecule is CSCC[C@H](NC(=O)[C@H](CO)CC(=O)[C@H](CCCN=C(N)N)NC(=O)[C@H](CC(=O)[C@@H](C)CCCCN)CC(C)C)C(=O)C[C@H](C(=O)N[C@@H](CC(=O)O)C(=O)C[C@@H](CCCCN)C(=O)N[C@@H](Cc1ccc(O)cc1)C(=O)C[C@@H](CCCN=C(N)N)C(=O)N[C@@H](CC(C)C)C(N)=O)[C@@H](C)O. The van der Waals surface area contributed by atoms with Crippen molar-refractivity contribution in [2.24, 2.45) is 97.5 Å². The number of aliphatic imine (C=N–C) groups is 2. The van der Waals surface area contributed by atoms with Gasteiger partial charge in [0.1, 0.15) is 17.6 Å². The number of aliphatic hydroxyl groups excluding tert-OH is 2. The number of carbonyl (C=O) groups excluding carboxylic acids is 11. The highest BCUT2D eigenvalue weighted by molar-refractivity contribution is 7.98. The summed E-state index contributed by atoms with van der Waals surface area (Å²) < 4.78 is 0. The van der Waals surface area contributed by atoms with E-state index in [9.17, 15) is 78.0 Å². The average molecular weight is 1400 g/mol. The number of hydrogen-bond acceptors (Lipinski definition) is 20. The fourth-order valence-electron chi connectivity index (χ4n) is 11.1. The number of nitrogens with zero attached hydrogens (tertiary/aromatic N) is 2. The number of benzene rings is 1. The number of carboxylic acid groups (broad SMARTS) is 1. The second-order valence-corrected chi connectivity index (χ2v) is 27.2. The molecule has 1 rings (SSSR count). The summed E-state index contributed by atoms with van der Waals surface area (Å²) in [5, 5.41) is 54.9. The van der Waals surface area contributed by atoms with Gasteiger partial charge in [0.25, 0.3) is 0 Å². The highest BCUT2D eigenvalue weighted by Crippen LogP contribution is 2.25. The molecule has 1 aromatic rings. The number of aliphatic hydroxyl groups is 2. The van der Waals surface area contributed by atoms with Crippen molar-refractivity contribution in [2.45, 2.75) is 206 Å². The van der Waals surface area contributed by atoms with Crippen molar-refractivity contribution in [3.63, 3.8) is 0 Å². The quantitative estimate of drug-likeness (QED) is 0.0239. The molecule has 0 saturated heterocycles. The molecule has 23 N–H and O–H groups in total. The first-order valence-corrected chi connectivity index (χ1v) is 35.3. The number of hydrogen-bond donors (Lipinski definition) is 16. The van der Waals surface area contributed by atoms with E-state index in [1.165, 1.54) is 43.0 Å². The molecule has 1 aromatic carbocycles. The van der Waals surface area contributed by atoms with Gasteiger partial charge in [-0.3, -0.25) is 67.5 Å². The number of nitrogens with two attached hydrogens (primary N) is 7. The first-order chi connectivity index (χ1) is 46.2. The molecule has 0 saturated carbocycles. The number of Topliss-reactive ketones (excluding diaryl/α,β-unsaturated/α-hetero) is 5. The van der Waals surface area contributed by atoms with Gasteiger partial charge in [-0.15, -0.1) is 0 Å². The van der Waals surface area contributed by atoms with E-state index >= 15 is 0 Å². The lowest BCUT2D eigenvalue weighted by molar-refractivity contribution is -0.142. The van der Waals surface area contributed by atoms with Gasteiger partial charge < -0.3 is 87.1 Å². The molecule has 0 radical (unpaired) electrons. The van der Waals surface area contributed by atoms with Crippen molar-refractivity contribution >= 4 is 94.0 Å². The summed E-state index contributed by atoms with van der Waals surface area (Å²) in [7, 11) is 0. The number of thioether (sulfide) groups is 1. The number of primary amides is 1. The molecular formula is C67H114N14O16S. The monoisotopic (exact) mass is 1400 g/mol. The minimum absolute atomic E-state index is 0.00380. The zero-order valence-corrected chi connectivity index (χ0v) is 59.1. The predicted molar refractivity (Wildman–Crippen MR) is 374 cm³/mol. The first-order valence-electron chi connectivity index (χ1n) is 33.9. The number of phenols is 1. The molecule has 554 valence electrons. The Balaban J connectivity index is 3.64. The fraction of sp³-hybridized carbons (Fsp3) is 0.701. The van der Waals surface area contributed by atoms with Crippen LogP contribution in [-0.4, -0.2) is 184 Å². The van der Waals surface area contributed by atoms with Crippen molar-refractivity contribution in [1.29, 1.82) is 0 Å². The van der Waals surface area contributed by atoms with Crippen molar-refractivity contribution in [3.05, 3.63) is 29.8 Å². The minimum Gasteiger partial charge on any atom is -0.508 e. The Morgan fingerprint density at radius 2 is 0.908 bits per heavy atom. The van der Waals surface area contributed by atoms with Crippen molar-refractivity contribution < 1.29 is 78.0 Å². The molecule has 0 unspecified atom stereocenters. The van der Waals surface area contributed by atoms with E-state index in [0.29, 0.717) is 31.4 Å². The van der Waals surface area contributed by atoms with Gasteiger partial charge in [-0.2, -0.15) is 11.8 Å². The molecule has 6 amide bonds. The summed E-state index contributed by atoms with van der Waals surface area (Å²) in [5.41, 5.74) is 39.6. The molecule has 30 nitrogen and oxygen atoms in total. The molecule has 0 aliphatic rings. The van der Waals surface area contributed by atoms with Crippen molar-refractivity contribution in [1.82, 2.24) is 26.6 Å². The van der Waals surface area contributed by atoms with Crippen molar-refractivity contribution in [2.75, 3.05) is 44.8 Å². The number of aromatic hydroxyl groups is 1. The van der Waals surface area contributed by atoms with Gasteiger partial charge >= 0.3 is 5.97 Å². The van der Waals surface area contributed by atoms with Gasteiger partial charge in [0.15, 0.2) is 35.1 Å². The third-order valence-electron chi connectivity index (χ3n) is 16.7. The molecule has 0 spiro atoms. The molecule has 0 aliphatic carbocycles. The lowest BCUT2D eigenvalue weighted by Gasteiger charge is -2.27. The lowest BCUT2D eigenvalue weighted by atomic mass is 9.86. The number of nitrogens with one attached hydrogen (secondary N) is 5. The molecule has 0 bridgehead atoms. The van der Waals surface area contributed by atoms with Crippen LogP contribution in [0.5, 0.6) is 5.75 Å². The van der Waals surface area contributed by atoms with Crippen LogP contribution in [0, 0.1) is 47.3 Å². The number of carbonyl (C=O) groups is 12. The third-order valence-corrected chi connectivity index (χ3v) is 17.4. The van der Waals surface area contributed by atoms with E-state index < -0.39 is 169 Å². The minimum atomic E-state index is -1.85. The Labute approximate surface area is 580 Å². The Morgan fingerprint density at radius 3 is 1.40 bits per heavy atom. The predicted octanol–water partition coefficient (Wildman–Crippen LogP) is 0.415. The molecule has 0 aromatic heterocycles. The first kappa shape index (κ1) is 88.4. The molecule has 31 heteroatoms. The molecule has 98 heavy (non-hydrogen) atoms. The normalized spacial score (nSPS) is 15.0. The van der Waals surface area contributed by atoms with Crippen LogP contribution < -0.4 is 66.7 Å². The zero-order chi connectivity index (χ0) is 74.2. The Morgan fingerprint density at radius 1 is 0.480 bits per heavy atom. The average Bonchev–Trinajstić information content (AvgIpc) is 0.880. The largest absolute Gasteiger partial charge is 0.508 e. The number of ketones is 5. The van der Waals surface area contributed by atoms with Gasteiger partial charge in [0.2, 0.25) is 35.4 Å². The number of rotatable bonds is 55. The fourth-order valence-corrected chi connectivity index (χ4v) is 11.5. The van der Waals surface area contributed by atoms with Gasteiger partial charge in [-0.25, -0.2) is 0 Å². The van der Waals surface area contributed by atoms with Crippen LogP contribution in [0.2, 0.25) is 0 Å². The maximum Gasteiger partial charge on any atom is 0.305 e. The second kappa shape index (κ2) is 48.2. The maximum absolute atomic E-state index is 14.6. The van der Waals surface area contributed by atoms with Crippen LogP contribution in [0.4, 0.5) is 0 Å². The topological polar surface area (TPSA) is 553 Å². The summed E-state index contributed by atoms with van der Waals surface area (Å²) in [5.74, 6) is -16.7. The number of unbranched alkanes of at least 4 members (excludes halogenated alkanes) is 2. The zero-order valence-electron chi connectivity index (χ0n) is 58.3. The number of amides is 6. The van der Waals surface area contributed by atoms with Crippen LogP contribution in [0.25, 0.3) is 0 Å².